The molecule has 1 aromatic heterocycles. The minimum atomic E-state index is -0.0430. The topological polar surface area (TPSA) is 38.9 Å². The Labute approximate surface area is 124 Å². The molecule has 2 aromatic carbocycles. The average Bonchev–Trinajstić information content (AvgIpc) is 2.83. The van der Waals surface area contributed by atoms with Crippen molar-refractivity contribution in [1.82, 2.24) is 4.98 Å². The van der Waals surface area contributed by atoms with E-state index in [0.717, 1.165) is 21.4 Å². The van der Waals surface area contributed by atoms with Gasteiger partial charge in [-0.2, -0.15) is 0 Å². The number of hydrogen-bond acceptors (Lipinski definition) is 3. The van der Waals surface area contributed by atoms with Gasteiger partial charge in [0.15, 0.2) is 0 Å². The second kappa shape index (κ2) is 5.41. The van der Waals surface area contributed by atoms with Gasteiger partial charge >= 0.3 is 0 Å². The third kappa shape index (κ3) is 2.86. The van der Waals surface area contributed by atoms with Crippen LogP contribution in [-0.2, 0) is 6.42 Å². The smallest absolute Gasteiger partial charge is 0.111 e. The Bertz CT molecular complexity index is 694. The van der Waals surface area contributed by atoms with Gasteiger partial charge in [0.2, 0.25) is 0 Å². The summed E-state index contributed by atoms with van der Waals surface area (Å²) < 4.78 is 2.23. The summed E-state index contributed by atoms with van der Waals surface area (Å²) >= 11 is 5.14. The summed E-state index contributed by atoms with van der Waals surface area (Å²) in [5, 5.41) is 0.997. The van der Waals surface area contributed by atoms with E-state index in [2.05, 4.69) is 39.1 Å². The van der Waals surface area contributed by atoms with Crippen LogP contribution >= 0.6 is 27.3 Å². The van der Waals surface area contributed by atoms with Crippen molar-refractivity contribution in [3.05, 3.63) is 63.6 Å². The zero-order valence-corrected chi connectivity index (χ0v) is 12.6. The SMILES string of the molecule is NC(Cc1ccccc1)c1nc2cc(Br)ccc2s1. The first-order chi connectivity index (χ1) is 9.22. The van der Waals surface area contributed by atoms with E-state index >= 15 is 0 Å². The molecule has 0 bridgehead atoms. The molecule has 4 heteroatoms. The zero-order chi connectivity index (χ0) is 13.2. The van der Waals surface area contributed by atoms with Crippen LogP contribution in [0.2, 0.25) is 0 Å². The molecule has 2 N–H and O–H groups in total. The third-order valence-corrected chi connectivity index (χ3v) is 4.64. The van der Waals surface area contributed by atoms with Crippen molar-refractivity contribution in [2.24, 2.45) is 5.73 Å². The normalized spacial score (nSPS) is 12.7. The Morgan fingerprint density at radius 2 is 1.95 bits per heavy atom. The molecule has 3 rings (SSSR count). The van der Waals surface area contributed by atoms with E-state index in [9.17, 15) is 0 Å². The molecule has 0 saturated heterocycles. The number of halogens is 1. The van der Waals surface area contributed by atoms with Gasteiger partial charge in [0.1, 0.15) is 5.01 Å². The predicted molar refractivity (Wildman–Crippen MR) is 84.4 cm³/mol. The van der Waals surface area contributed by atoms with Gasteiger partial charge in [0.25, 0.3) is 0 Å². The average molecular weight is 333 g/mol. The number of nitrogens with zero attached hydrogens (tertiary/aromatic N) is 1. The summed E-state index contributed by atoms with van der Waals surface area (Å²) in [4.78, 5) is 4.63. The quantitative estimate of drug-likeness (QED) is 0.776. The van der Waals surface area contributed by atoms with Crippen molar-refractivity contribution in [2.75, 3.05) is 0 Å². The molecule has 3 aromatic rings. The molecule has 0 aliphatic carbocycles. The van der Waals surface area contributed by atoms with E-state index in [1.807, 2.05) is 30.3 Å². The van der Waals surface area contributed by atoms with Gasteiger partial charge in [-0.15, -0.1) is 11.3 Å². The lowest BCUT2D eigenvalue weighted by molar-refractivity contribution is 0.717. The third-order valence-electron chi connectivity index (χ3n) is 2.98. The van der Waals surface area contributed by atoms with Gasteiger partial charge < -0.3 is 5.73 Å². The molecule has 1 atom stereocenters. The van der Waals surface area contributed by atoms with Gasteiger partial charge in [-0.05, 0) is 30.2 Å². The first-order valence-corrected chi connectivity index (χ1v) is 7.69. The van der Waals surface area contributed by atoms with Crippen LogP contribution in [0.3, 0.4) is 0 Å². The molecule has 0 amide bonds. The minimum Gasteiger partial charge on any atom is -0.322 e. The highest BCUT2D eigenvalue weighted by Crippen LogP contribution is 2.29. The maximum atomic E-state index is 6.27. The molecule has 1 heterocycles. The van der Waals surface area contributed by atoms with Crippen molar-refractivity contribution in [3.63, 3.8) is 0 Å². The van der Waals surface area contributed by atoms with Crippen LogP contribution in [0.15, 0.2) is 53.0 Å². The van der Waals surface area contributed by atoms with Crippen LogP contribution in [0.25, 0.3) is 10.2 Å². The van der Waals surface area contributed by atoms with Gasteiger partial charge in [0.05, 0.1) is 16.3 Å². The standard InChI is InChI=1S/C15H13BrN2S/c16-11-6-7-14-13(9-11)18-15(19-14)12(17)8-10-4-2-1-3-5-10/h1-7,9,12H,8,17H2. The molecule has 0 spiro atoms. The fourth-order valence-electron chi connectivity index (χ4n) is 2.03. The highest BCUT2D eigenvalue weighted by atomic mass is 79.9. The van der Waals surface area contributed by atoms with Crippen LogP contribution in [0, 0.1) is 0 Å². The maximum absolute atomic E-state index is 6.27. The van der Waals surface area contributed by atoms with E-state index < -0.39 is 0 Å². The molecular weight excluding hydrogens is 320 g/mol. The number of nitrogens with two attached hydrogens (primary N) is 1. The summed E-state index contributed by atoms with van der Waals surface area (Å²) in [7, 11) is 0. The minimum absolute atomic E-state index is 0.0430. The second-order valence-electron chi connectivity index (χ2n) is 4.46. The lowest BCUT2D eigenvalue weighted by Crippen LogP contribution is -2.12. The van der Waals surface area contributed by atoms with E-state index in [0.29, 0.717) is 0 Å². The lowest BCUT2D eigenvalue weighted by atomic mass is 10.1. The van der Waals surface area contributed by atoms with Crippen molar-refractivity contribution in [3.8, 4) is 0 Å². The Kier molecular flexibility index (Phi) is 3.64. The zero-order valence-electron chi connectivity index (χ0n) is 10.2. The van der Waals surface area contributed by atoms with E-state index in [1.54, 1.807) is 11.3 Å². The predicted octanol–water partition coefficient (Wildman–Crippen LogP) is 4.30. The molecule has 96 valence electrons. The van der Waals surface area contributed by atoms with Gasteiger partial charge in [-0.25, -0.2) is 4.98 Å². The Morgan fingerprint density at radius 1 is 1.16 bits per heavy atom. The Morgan fingerprint density at radius 3 is 2.74 bits per heavy atom. The molecule has 0 radical (unpaired) electrons. The first-order valence-electron chi connectivity index (χ1n) is 6.08. The summed E-state index contributed by atoms with van der Waals surface area (Å²) in [6.07, 6.45) is 0.821. The van der Waals surface area contributed by atoms with Crippen molar-refractivity contribution in [2.45, 2.75) is 12.5 Å². The van der Waals surface area contributed by atoms with Gasteiger partial charge in [-0.3, -0.25) is 0 Å². The molecular formula is C15H13BrN2S. The second-order valence-corrected chi connectivity index (χ2v) is 6.44. The molecule has 1 unspecified atom stereocenters. The molecule has 2 nitrogen and oxygen atoms in total. The van der Waals surface area contributed by atoms with Crippen LogP contribution in [0.5, 0.6) is 0 Å². The summed E-state index contributed by atoms with van der Waals surface area (Å²) in [5.74, 6) is 0. The Balaban J connectivity index is 1.87. The largest absolute Gasteiger partial charge is 0.322 e. The summed E-state index contributed by atoms with van der Waals surface area (Å²) in [5.41, 5.74) is 8.52. The fourth-order valence-corrected chi connectivity index (χ4v) is 3.33. The van der Waals surface area contributed by atoms with E-state index in [1.165, 1.54) is 10.3 Å². The molecule has 0 aliphatic heterocycles. The van der Waals surface area contributed by atoms with Crippen molar-refractivity contribution in [1.29, 1.82) is 0 Å². The van der Waals surface area contributed by atoms with Crippen molar-refractivity contribution >= 4 is 37.5 Å². The number of fused-ring (bicyclic) bond motifs is 1. The monoisotopic (exact) mass is 332 g/mol. The Hall–Kier alpha value is -1.23. The number of hydrogen-bond donors (Lipinski definition) is 1. The molecule has 0 aliphatic rings. The maximum Gasteiger partial charge on any atom is 0.111 e. The van der Waals surface area contributed by atoms with Gasteiger partial charge in [0, 0.05) is 4.47 Å². The van der Waals surface area contributed by atoms with Crippen molar-refractivity contribution < 1.29 is 0 Å². The highest BCUT2D eigenvalue weighted by Gasteiger charge is 2.12. The summed E-state index contributed by atoms with van der Waals surface area (Å²) in [6.45, 7) is 0. The van der Waals surface area contributed by atoms with Crippen LogP contribution < -0.4 is 5.73 Å². The highest BCUT2D eigenvalue weighted by molar-refractivity contribution is 9.10. The molecule has 0 fully saturated rings. The number of rotatable bonds is 3. The van der Waals surface area contributed by atoms with Gasteiger partial charge in [-0.1, -0.05) is 46.3 Å². The number of aromatic nitrogens is 1. The lowest BCUT2D eigenvalue weighted by Gasteiger charge is -2.07. The molecule has 0 saturated carbocycles. The van der Waals surface area contributed by atoms with Crippen LogP contribution in [0.4, 0.5) is 0 Å². The molecule has 19 heavy (non-hydrogen) atoms. The van der Waals surface area contributed by atoms with Crippen LogP contribution in [-0.4, -0.2) is 4.98 Å². The van der Waals surface area contributed by atoms with E-state index in [4.69, 9.17) is 5.73 Å². The summed E-state index contributed by atoms with van der Waals surface area (Å²) in [6, 6.07) is 16.4. The van der Waals surface area contributed by atoms with Crippen LogP contribution in [0.1, 0.15) is 16.6 Å². The number of thiazole rings is 1. The fraction of sp³-hybridized carbons (Fsp3) is 0.133. The van der Waals surface area contributed by atoms with E-state index in [-0.39, 0.29) is 6.04 Å². The first kappa shape index (κ1) is 12.8. The number of benzene rings is 2.